The molecule has 15 heavy (non-hydrogen) atoms. The monoisotopic (exact) mass is 222 g/mol. The lowest BCUT2D eigenvalue weighted by atomic mass is 10.3. The fourth-order valence-electron chi connectivity index (χ4n) is 1.54. The normalized spacial score (nSPS) is 12.9. The van der Waals surface area contributed by atoms with Gasteiger partial charge in [0.25, 0.3) is 0 Å². The van der Waals surface area contributed by atoms with Gasteiger partial charge in [0.15, 0.2) is 0 Å². The summed E-state index contributed by atoms with van der Waals surface area (Å²) in [5.41, 5.74) is 2.19. The largest absolute Gasteiger partial charge is 0.383 e. The van der Waals surface area contributed by atoms with E-state index in [2.05, 4.69) is 22.6 Å². The SMILES string of the molecule is COCC(C)Nc1ccnc2ccsc12. The molecule has 2 heterocycles. The smallest absolute Gasteiger partial charge is 0.0830 e. The van der Waals surface area contributed by atoms with Crippen molar-refractivity contribution in [1.82, 2.24) is 4.98 Å². The molecule has 0 amide bonds. The molecule has 0 aliphatic rings. The number of pyridine rings is 1. The van der Waals surface area contributed by atoms with Gasteiger partial charge in [-0.3, -0.25) is 4.98 Å². The molecule has 2 aromatic heterocycles. The van der Waals surface area contributed by atoms with Gasteiger partial charge in [-0.2, -0.15) is 0 Å². The first-order chi connectivity index (χ1) is 7.31. The van der Waals surface area contributed by atoms with Crippen molar-refractivity contribution in [2.24, 2.45) is 0 Å². The van der Waals surface area contributed by atoms with Crippen LogP contribution < -0.4 is 5.32 Å². The summed E-state index contributed by atoms with van der Waals surface area (Å²) in [4.78, 5) is 4.29. The van der Waals surface area contributed by atoms with Crippen molar-refractivity contribution < 1.29 is 4.74 Å². The Morgan fingerprint density at radius 2 is 2.40 bits per heavy atom. The predicted molar refractivity (Wildman–Crippen MR) is 64.6 cm³/mol. The highest BCUT2D eigenvalue weighted by molar-refractivity contribution is 7.17. The van der Waals surface area contributed by atoms with E-state index in [-0.39, 0.29) is 0 Å². The Hall–Kier alpha value is -1.13. The Kier molecular flexibility index (Phi) is 3.18. The maximum Gasteiger partial charge on any atom is 0.0830 e. The number of aromatic nitrogens is 1. The minimum absolute atomic E-state index is 0.308. The van der Waals surface area contributed by atoms with Crippen LogP contribution in [0.2, 0.25) is 0 Å². The van der Waals surface area contributed by atoms with Crippen molar-refractivity contribution in [1.29, 1.82) is 0 Å². The number of anilines is 1. The molecule has 2 rings (SSSR count). The van der Waals surface area contributed by atoms with E-state index in [4.69, 9.17) is 4.74 Å². The third-order valence-corrected chi connectivity index (χ3v) is 3.10. The quantitative estimate of drug-likeness (QED) is 0.863. The summed E-state index contributed by atoms with van der Waals surface area (Å²) in [5.74, 6) is 0. The zero-order chi connectivity index (χ0) is 10.7. The maximum atomic E-state index is 5.09. The van der Waals surface area contributed by atoms with Gasteiger partial charge >= 0.3 is 0 Å². The van der Waals surface area contributed by atoms with Crippen LogP contribution in [-0.2, 0) is 4.74 Å². The third kappa shape index (κ3) is 2.27. The molecular weight excluding hydrogens is 208 g/mol. The lowest BCUT2D eigenvalue weighted by Crippen LogP contribution is -2.20. The number of hydrogen-bond donors (Lipinski definition) is 1. The van der Waals surface area contributed by atoms with Crippen LogP contribution in [-0.4, -0.2) is 24.7 Å². The summed E-state index contributed by atoms with van der Waals surface area (Å²) in [6.07, 6.45) is 1.83. The first kappa shape index (κ1) is 10.4. The molecule has 0 bridgehead atoms. The minimum Gasteiger partial charge on any atom is -0.383 e. The van der Waals surface area contributed by atoms with Crippen molar-refractivity contribution in [3.05, 3.63) is 23.7 Å². The van der Waals surface area contributed by atoms with E-state index < -0.39 is 0 Å². The molecule has 1 unspecified atom stereocenters. The van der Waals surface area contributed by atoms with Crippen molar-refractivity contribution >= 4 is 27.2 Å². The minimum atomic E-state index is 0.308. The lowest BCUT2D eigenvalue weighted by molar-refractivity contribution is 0.190. The van der Waals surface area contributed by atoms with E-state index in [1.54, 1.807) is 18.4 Å². The summed E-state index contributed by atoms with van der Waals surface area (Å²) in [7, 11) is 1.71. The van der Waals surface area contributed by atoms with Gasteiger partial charge in [0.05, 0.1) is 22.5 Å². The van der Waals surface area contributed by atoms with E-state index in [1.165, 1.54) is 4.70 Å². The second-order valence-corrected chi connectivity index (χ2v) is 4.41. The molecule has 0 radical (unpaired) electrons. The standard InChI is InChI=1S/C11H14N2OS/c1-8(7-14-2)13-10-3-5-12-9-4-6-15-11(9)10/h3-6,8H,7H2,1-2H3,(H,12,13). The molecule has 4 heteroatoms. The van der Waals surface area contributed by atoms with Gasteiger partial charge in [0.2, 0.25) is 0 Å². The van der Waals surface area contributed by atoms with Gasteiger partial charge in [0.1, 0.15) is 0 Å². The van der Waals surface area contributed by atoms with E-state index in [9.17, 15) is 0 Å². The Balaban J connectivity index is 2.23. The molecule has 0 saturated heterocycles. The van der Waals surface area contributed by atoms with Crippen LogP contribution in [0, 0.1) is 0 Å². The number of methoxy groups -OCH3 is 1. The van der Waals surface area contributed by atoms with Crippen molar-refractivity contribution in [3.8, 4) is 0 Å². The van der Waals surface area contributed by atoms with Crippen LogP contribution in [0.4, 0.5) is 5.69 Å². The number of fused-ring (bicyclic) bond motifs is 1. The molecule has 0 spiro atoms. The predicted octanol–water partition coefficient (Wildman–Crippen LogP) is 2.74. The number of nitrogens with zero attached hydrogens (tertiary/aromatic N) is 1. The fourth-order valence-corrected chi connectivity index (χ4v) is 2.37. The zero-order valence-corrected chi connectivity index (χ0v) is 9.67. The Morgan fingerprint density at radius 3 is 3.20 bits per heavy atom. The van der Waals surface area contributed by atoms with Gasteiger partial charge < -0.3 is 10.1 Å². The first-order valence-electron chi connectivity index (χ1n) is 4.89. The highest BCUT2D eigenvalue weighted by Gasteiger charge is 2.06. The van der Waals surface area contributed by atoms with Crippen LogP contribution in [0.15, 0.2) is 23.7 Å². The number of hydrogen-bond acceptors (Lipinski definition) is 4. The maximum absolute atomic E-state index is 5.09. The molecule has 2 aromatic rings. The van der Waals surface area contributed by atoms with E-state index in [0.29, 0.717) is 12.6 Å². The van der Waals surface area contributed by atoms with Crippen LogP contribution in [0.3, 0.4) is 0 Å². The third-order valence-electron chi connectivity index (χ3n) is 2.16. The molecule has 80 valence electrons. The highest BCUT2D eigenvalue weighted by atomic mass is 32.1. The molecule has 1 atom stereocenters. The number of rotatable bonds is 4. The van der Waals surface area contributed by atoms with Crippen LogP contribution in [0.5, 0.6) is 0 Å². The number of nitrogens with one attached hydrogen (secondary N) is 1. The summed E-state index contributed by atoms with van der Waals surface area (Å²) < 4.78 is 6.30. The zero-order valence-electron chi connectivity index (χ0n) is 8.86. The van der Waals surface area contributed by atoms with Gasteiger partial charge in [-0.1, -0.05) is 0 Å². The second kappa shape index (κ2) is 4.59. The Morgan fingerprint density at radius 1 is 1.53 bits per heavy atom. The second-order valence-electron chi connectivity index (χ2n) is 3.49. The van der Waals surface area contributed by atoms with E-state index in [0.717, 1.165) is 11.2 Å². The topological polar surface area (TPSA) is 34.1 Å². The Labute approximate surface area is 93.1 Å². The summed E-state index contributed by atoms with van der Waals surface area (Å²) in [5, 5.41) is 5.48. The average molecular weight is 222 g/mol. The molecule has 0 saturated carbocycles. The van der Waals surface area contributed by atoms with Crippen molar-refractivity contribution in [3.63, 3.8) is 0 Å². The molecule has 0 aliphatic heterocycles. The molecule has 0 aromatic carbocycles. The van der Waals surface area contributed by atoms with Crippen LogP contribution >= 0.6 is 11.3 Å². The molecule has 0 fully saturated rings. The molecule has 1 N–H and O–H groups in total. The molecule has 3 nitrogen and oxygen atoms in total. The summed E-state index contributed by atoms with van der Waals surface area (Å²) in [6.45, 7) is 2.80. The van der Waals surface area contributed by atoms with Gasteiger partial charge in [-0.15, -0.1) is 11.3 Å². The van der Waals surface area contributed by atoms with Crippen LogP contribution in [0.1, 0.15) is 6.92 Å². The Bertz CT molecular complexity index is 441. The highest BCUT2D eigenvalue weighted by Crippen LogP contribution is 2.27. The van der Waals surface area contributed by atoms with Crippen molar-refractivity contribution in [2.75, 3.05) is 19.0 Å². The summed E-state index contributed by atoms with van der Waals surface area (Å²) >= 11 is 1.71. The fraction of sp³-hybridized carbons (Fsp3) is 0.364. The van der Waals surface area contributed by atoms with Gasteiger partial charge in [-0.25, -0.2) is 0 Å². The molecular formula is C11H14N2OS. The summed E-state index contributed by atoms with van der Waals surface area (Å²) in [6, 6.07) is 4.35. The average Bonchev–Trinajstić information content (AvgIpc) is 2.67. The van der Waals surface area contributed by atoms with Crippen LogP contribution in [0.25, 0.3) is 10.2 Å². The first-order valence-corrected chi connectivity index (χ1v) is 5.77. The number of ether oxygens (including phenoxy) is 1. The van der Waals surface area contributed by atoms with E-state index >= 15 is 0 Å². The van der Waals surface area contributed by atoms with Gasteiger partial charge in [0, 0.05) is 19.3 Å². The van der Waals surface area contributed by atoms with E-state index in [1.807, 2.05) is 18.3 Å². The van der Waals surface area contributed by atoms with Crippen molar-refractivity contribution in [2.45, 2.75) is 13.0 Å². The lowest BCUT2D eigenvalue weighted by Gasteiger charge is -2.14. The number of thiophene rings is 1. The molecule has 0 aliphatic carbocycles. The van der Waals surface area contributed by atoms with Gasteiger partial charge in [-0.05, 0) is 24.4 Å².